The van der Waals surface area contributed by atoms with Gasteiger partial charge in [0, 0.05) is 19.3 Å². The molecule has 0 N–H and O–H groups in total. The van der Waals surface area contributed by atoms with Crippen LogP contribution in [0.2, 0.25) is 0 Å². The van der Waals surface area contributed by atoms with Gasteiger partial charge in [-0.15, -0.1) is 0 Å². The van der Waals surface area contributed by atoms with E-state index in [0.29, 0.717) is 44.3 Å². The lowest BCUT2D eigenvalue weighted by Gasteiger charge is -2.18. The van der Waals surface area contributed by atoms with Crippen LogP contribution in [-0.4, -0.2) is 62.8 Å². The van der Waals surface area contributed by atoms with Gasteiger partial charge in [0.05, 0.1) is 13.2 Å². The molecule has 0 bridgehead atoms. The van der Waals surface area contributed by atoms with Gasteiger partial charge < -0.3 is 19.1 Å². The molecule has 0 atom stereocenters. The Morgan fingerprint density at radius 1 is 0.383 bits per heavy atom. The second kappa shape index (κ2) is 45.4. The SMILES string of the molecule is CCCCCC(CCCCC)CC(=O)OCCCCCCCCCCC(CCCCCCCCCCOC(=O)CC(CCCCC)CCCCC)OC(=O)CCCN(C)C. The molecule has 0 unspecified atom stereocenters. The van der Waals surface area contributed by atoms with Crippen molar-refractivity contribution in [3.05, 3.63) is 0 Å². The van der Waals surface area contributed by atoms with Crippen LogP contribution in [0, 0.1) is 11.8 Å². The normalized spacial score (nSPS) is 11.7. The number of ether oxygens (including phenoxy) is 3. The van der Waals surface area contributed by atoms with Crippen molar-refractivity contribution in [2.75, 3.05) is 33.9 Å². The monoisotopic (exact) mass is 850 g/mol. The van der Waals surface area contributed by atoms with Gasteiger partial charge in [0.1, 0.15) is 6.10 Å². The first-order valence-electron chi connectivity index (χ1n) is 26.4. The summed E-state index contributed by atoms with van der Waals surface area (Å²) in [5.41, 5.74) is 0. The van der Waals surface area contributed by atoms with Gasteiger partial charge in [-0.2, -0.15) is 0 Å². The standard InChI is InChI=1S/C53H103NO6/c1-7-11-27-36-48(37-28-12-8-2)46-52(56)58-44-33-25-21-17-15-19-23-31-40-50(60-51(55)42-35-43-54(5)6)41-32-24-20-16-18-22-26-34-45-59-53(57)47-49(38-29-13-9-3)39-30-14-10-4/h48-50H,7-47H2,1-6H3. The molecule has 0 aromatic heterocycles. The minimum atomic E-state index is -0.0317. The van der Waals surface area contributed by atoms with Crippen LogP contribution in [-0.2, 0) is 28.6 Å². The van der Waals surface area contributed by atoms with Crippen molar-refractivity contribution in [1.82, 2.24) is 4.90 Å². The highest BCUT2D eigenvalue weighted by molar-refractivity contribution is 5.70. The Balaban J connectivity index is 4.20. The van der Waals surface area contributed by atoms with E-state index in [9.17, 15) is 14.4 Å². The quantitative estimate of drug-likeness (QED) is 0.0343. The summed E-state index contributed by atoms with van der Waals surface area (Å²) in [5.74, 6) is 0.989. The van der Waals surface area contributed by atoms with Crippen molar-refractivity contribution in [2.24, 2.45) is 11.8 Å². The first kappa shape index (κ1) is 58.4. The lowest BCUT2D eigenvalue weighted by Crippen LogP contribution is -2.20. The number of rotatable bonds is 47. The summed E-state index contributed by atoms with van der Waals surface area (Å²) in [5, 5.41) is 0. The highest BCUT2D eigenvalue weighted by Gasteiger charge is 2.17. The lowest BCUT2D eigenvalue weighted by molar-refractivity contribution is -0.150. The van der Waals surface area contributed by atoms with E-state index in [4.69, 9.17) is 14.2 Å². The minimum Gasteiger partial charge on any atom is -0.466 e. The molecule has 0 aliphatic heterocycles. The van der Waals surface area contributed by atoms with E-state index in [0.717, 1.165) is 64.3 Å². The Labute approximate surface area is 373 Å². The average Bonchev–Trinajstić information content (AvgIpc) is 3.21. The molecule has 60 heavy (non-hydrogen) atoms. The fraction of sp³-hybridized carbons (Fsp3) is 0.943. The van der Waals surface area contributed by atoms with Crippen LogP contribution < -0.4 is 0 Å². The Hall–Kier alpha value is -1.63. The number of hydrogen-bond donors (Lipinski definition) is 0. The van der Waals surface area contributed by atoms with Gasteiger partial charge in [0.15, 0.2) is 0 Å². The van der Waals surface area contributed by atoms with E-state index in [1.54, 1.807) is 0 Å². The second-order valence-corrected chi connectivity index (χ2v) is 18.8. The molecule has 0 spiro atoms. The molecule has 356 valence electrons. The van der Waals surface area contributed by atoms with Gasteiger partial charge in [0.2, 0.25) is 0 Å². The third-order valence-corrected chi connectivity index (χ3v) is 12.4. The Kier molecular flexibility index (Phi) is 44.2. The van der Waals surface area contributed by atoms with E-state index >= 15 is 0 Å². The molecule has 0 aliphatic rings. The Morgan fingerprint density at radius 2 is 0.700 bits per heavy atom. The van der Waals surface area contributed by atoms with Gasteiger partial charge >= 0.3 is 17.9 Å². The number of unbranched alkanes of at least 4 members (excludes halogenated alkanes) is 22. The topological polar surface area (TPSA) is 82.1 Å². The number of carbonyl (C=O) groups excluding carboxylic acids is 3. The summed E-state index contributed by atoms with van der Waals surface area (Å²) in [6.07, 6.45) is 42.8. The smallest absolute Gasteiger partial charge is 0.306 e. The third-order valence-electron chi connectivity index (χ3n) is 12.4. The van der Waals surface area contributed by atoms with Crippen molar-refractivity contribution in [3.63, 3.8) is 0 Å². The molecule has 0 aliphatic carbocycles. The predicted octanol–water partition coefficient (Wildman–Crippen LogP) is 15.7. The van der Waals surface area contributed by atoms with Gasteiger partial charge in [-0.25, -0.2) is 0 Å². The first-order chi connectivity index (χ1) is 29.2. The van der Waals surface area contributed by atoms with Gasteiger partial charge in [0.25, 0.3) is 0 Å². The number of nitrogens with zero attached hydrogens (tertiary/aromatic N) is 1. The van der Waals surface area contributed by atoms with Crippen LogP contribution in [0.5, 0.6) is 0 Å². The number of carbonyl (C=O) groups is 3. The average molecular weight is 850 g/mol. The van der Waals surface area contributed by atoms with Crippen LogP contribution >= 0.6 is 0 Å². The number of esters is 3. The largest absolute Gasteiger partial charge is 0.466 e. The fourth-order valence-electron chi connectivity index (χ4n) is 8.51. The highest BCUT2D eigenvalue weighted by Crippen LogP contribution is 2.24. The van der Waals surface area contributed by atoms with Crippen molar-refractivity contribution < 1.29 is 28.6 Å². The predicted molar refractivity (Wildman–Crippen MR) is 255 cm³/mol. The Morgan fingerprint density at radius 3 is 1.03 bits per heavy atom. The van der Waals surface area contributed by atoms with Crippen molar-refractivity contribution in [2.45, 2.75) is 278 Å². The third kappa shape index (κ3) is 41.7. The minimum absolute atomic E-state index is 0.0127. The molecule has 0 saturated carbocycles. The summed E-state index contributed by atoms with van der Waals surface area (Å²) in [4.78, 5) is 39.8. The molecular formula is C53H103NO6. The van der Waals surface area contributed by atoms with Gasteiger partial charge in [-0.3, -0.25) is 14.4 Å². The van der Waals surface area contributed by atoms with Gasteiger partial charge in [-0.1, -0.05) is 182 Å². The van der Waals surface area contributed by atoms with Crippen molar-refractivity contribution in [1.29, 1.82) is 0 Å². The maximum absolute atomic E-state index is 12.7. The number of hydrogen-bond acceptors (Lipinski definition) is 7. The van der Waals surface area contributed by atoms with Crippen LogP contribution in [0.1, 0.15) is 272 Å². The molecule has 0 rings (SSSR count). The molecule has 0 aromatic carbocycles. The lowest BCUT2D eigenvalue weighted by atomic mass is 9.92. The molecule has 0 aromatic rings. The van der Waals surface area contributed by atoms with Gasteiger partial charge in [-0.05, 0) is 103 Å². The zero-order chi connectivity index (χ0) is 44.2. The molecule has 7 nitrogen and oxygen atoms in total. The molecule has 0 fully saturated rings. The van der Waals surface area contributed by atoms with E-state index in [2.05, 4.69) is 32.6 Å². The fourth-order valence-corrected chi connectivity index (χ4v) is 8.51. The summed E-state index contributed by atoms with van der Waals surface area (Å²) in [7, 11) is 4.09. The maximum atomic E-state index is 12.7. The van der Waals surface area contributed by atoms with Crippen molar-refractivity contribution in [3.8, 4) is 0 Å². The molecule has 0 radical (unpaired) electrons. The van der Waals surface area contributed by atoms with E-state index in [-0.39, 0.29) is 24.0 Å². The molecular weight excluding hydrogens is 747 g/mol. The molecule has 0 heterocycles. The summed E-state index contributed by atoms with van der Waals surface area (Å²) < 4.78 is 17.3. The maximum Gasteiger partial charge on any atom is 0.306 e. The Bertz CT molecular complexity index is 860. The zero-order valence-electron chi connectivity index (χ0n) is 41.1. The highest BCUT2D eigenvalue weighted by atomic mass is 16.5. The summed E-state index contributed by atoms with van der Waals surface area (Å²) in [6.45, 7) is 11.0. The molecule has 0 amide bonds. The second-order valence-electron chi connectivity index (χ2n) is 18.8. The van der Waals surface area contributed by atoms with E-state index < -0.39 is 0 Å². The van der Waals surface area contributed by atoms with Crippen LogP contribution in [0.25, 0.3) is 0 Å². The summed E-state index contributed by atoms with van der Waals surface area (Å²) >= 11 is 0. The van der Waals surface area contributed by atoms with Crippen LogP contribution in [0.15, 0.2) is 0 Å². The first-order valence-corrected chi connectivity index (χ1v) is 26.4. The molecule has 0 saturated heterocycles. The molecule has 7 heteroatoms. The van der Waals surface area contributed by atoms with E-state index in [1.165, 1.54) is 167 Å². The summed E-state index contributed by atoms with van der Waals surface area (Å²) in [6, 6.07) is 0. The van der Waals surface area contributed by atoms with Crippen LogP contribution in [0.3, 0.4) is 0 Å². The van der Waals surface area contributed by atoms with E-state index in [1.807, 2.05) is 14.1 Å². The van der Waals surface area contributed by atoms with Crippen LogP contribution in [0.4, 0.5) is 0 Å². The zero-order valence-corrected chi connectivity index (χ0v) is 41.1. The van der Waals surface area contributed by atoms with Crippen molar-refractivity contribution >= 4 is 17.9 Å².